The van der Waals surface area contributed by atoms with Gasteiger partial charge in [-0.1, -0.05) is 0 Å². The highest BCUT2D eigenvalue weighted by atomic mass is 15.2. The van der Waals surface area contributed by atoms with Crippen molar-refractivity contribution >= 4 is 11.5 Å². The van der Waals surface area contributed by atoms with Crippen LogP contribution in [0.5, 0.6) is 0 Å². The van der Waals surface area contributed by atoms with E-state index >= 15 is 0 Å². The molecule has 2 aliphatic rings. The average Bonchev–Trinajstić information content (AvgIpc) is 2.62. The van der Waals surface area contributed by atoms with Crippen molar-refractivity contribution in [3.63, 3.8) is 0 Å². The van der Waals surface area contributed by atoms with E-state index in [0.717, 1.165) is 36.1 Å². The maximum absolute atomic E-state index is 5.89. The maximum Gasteiger partial charge on any atom is 0.149 e. The Morgan fingerprint density at radius 3 is 2.78 bits per heavy atom. The largest absolute Gasteiger partial charge is 0.396 e. The summed E-state index contributed by atoms with van der Waals surface area (Å²) >= 11 is 0. The van der Waals surface area contributed by atoms with Gasteiger partial charge in [0, 0.05) is 24.8 Å². The van der Waals surface area contributed by atoms with E-state index in [0.29, 0.717) is 0 Å². The molecule has 98 valence electrons. The van der Waals surface area contributed by atoms with Gasteiger partial charge in [0.1, 0.15) is 5.82 Å². The lowest BCUT2D eigenvalue weighted by atomic mass is 9.91. The zero-order chi connectivity index (χ0) is 12.5. The molecule has 2 fully saturated rings. The van der Waals surface area contributed by atoms with Crippen LogP contribution >= 0.6 is 0 Å². The average molecular weight is 246 g/mol. The molecule has 4 nitrogen and oxygen atoms in total. The number of nitrogen functional groups attached to an aromatic ring is 1. The number of hydrogen-bond donors (Lipinski definition) is 2. The fourth-order valence-electron chi connectivity index (χ4n) is 3.50. The maximum atomic E-state index is 5.89. The SMILES string of the molecule is CN1C2CCC1CC(CNc1ncccc1N)C2. The van der Waals surface area contributed by atoms with Gasteiger partial charge in [-0.3, -0.25) is 0 Å². The summed E-state index contributed by atoms with van der Waals surface area (Å²) in [6.45, 7) is 1.00. The number of piperidine rings is 1. The summed E-state index contributed by atoms with van der Waals surface area (Å²) in [5.41, 5.74) is 6.64. The molecule has 3 N–H and O–H groups in total. The van der Waals surface area contributed by atoms with E-state index in [2.05, 4.69) is 22.2 Å². The van der Waals surface area contributed by atoms with Crippen molar-refractivity contribution in [2.75, 3.05) is 24.6 Å². The monoisotopic (exact) mass is 246 g/mol. The van der Waals surface area contributed by atoms with E-state index in [4.69, 9.17) is 5.73 Å². The van der Waals surface area contributed by atoms with Crippen LogP contribution in [0.1, 0.15) is 25.7 Å². The van der Waals surface area contributed by atoms with Gasteiger partial charge in [-0.2, -0.15) is 0 Å². The van der Waals surface area contributed by atoms with Crippen molar-refractivity contribution < 1.29 is 0 Å². The normalized spacial score (nSPS) is 31.5. The second kappa shape index (κ2) is 4.76. The molecule has 1 aromatic heterocycles. The molecule has 0 spiro atoms. The number of fused-ring (bicyclic) bond motifs is 2. The molecule has 4 heteroatoms. The molecule has 2 bridgehead atoms. The van der Waals surface area contributed by atoms with Gasteiger partial charge >= 0.3 is 0 Å². The Morgan fingerprint density at radius 2 is 2.11 bits per heavy atom. The third-order valence-electron chi connectivity index (χ3n) is 4.59. The second-order valence-electron chi connectivity index (χ2n) is 5.71. The quantitative estimate of drug-likeness (QED) is 0.856. The number of nitrogens with two attached hydrogens (primary N) is 1. The molecule has 2 aliphatic heterocycles. The van der Waals surface area contributed by atoms with Crippen LogP contribution in [0.3, 0.4) is 0 Å². The van der Waals surface area contributed by atoms with Crippen molar-refractivity contribution in [2.45, 2.75) is 37.8 Å². The predicted molar refractivity (Wildman–Crippen MR) is 74.4 cm³/mol. The predicted octanol–water partition coefficient (Wildman–Crippen LogP) is 1.95. The summed E-state index contributed by atoms with van der Waals surface area (Å²) in [4.78, 5) is 6.86. The van der Waals surface area contributed by atoms with Gasteiger partial charge in [-0.05, 0) is 50.8 Å². The van der Waals surface area contributed by atoms with Gasteiger partial charge in [0.25, 0.3) is 0 Å². The number of aromatic nitrogens is 1. The highest BCUT2D eigenvalue weighted by Crippen LogP contribution is 2.37. The summed E-state index contributed by atoms with van der Waals surface area (Å²) in [5, 5.41) is 3.41. The minimum absolute atomic E-state index is 0.744. The van der Waals surface area contributed by atoms with Crippen LogP contribution in [0.15, 0.2) is 18.3 Å². The Bertz CT molecular complexity index is 406. The molecule has 2 atom stereocenters. The number of anilines is 2. The molecule has 0 radical (unpaired) electrons. The first-order valence-corrected chi connectivity index (χ1v) is 6.90. The molecule has 1 aromatic rings. The minimum atomic E-state index is 0.744. The number of hydrogen-bond acceptors (Lipinski definition) is 4. The lowest BCUT2D eigenvalue weighted by Crippen LogP contribution is -2.41. The molecular formula is C14H22N4. The zero-order valence-corrected chi connectivity index (χ0v) is 11.0. The molecular weight excluding hydrogens is 224 g/mol. The van der Waals surface area contributed by atoms with Crippen molar-refractivity contribution in [3.8, 4) is 0 Å². The fourth-order valence-corrected chi connectivity index (χ4v) is 3.50. The molecule has 18 heavy (non-hydrogen) atoms. The van der Waals surface area contributed by atoms with Gasteiger partial charge in [0.05, 0.1) is 5.69 Å². The van der Waals surface area contributed by atoms with Gasteiger partial charge in [0.2, 0.25) is 0 Å². The molecule has 0 aliphatic carbocycles. The summed E-state index contributed by atoms with van der Waals surface area (Å²) in [5.74, 6) is 1.60. The van der Waals surface area contributed by atoms with Gasteiger partial charge < -0.3 is 16.0 Å². The molecule has 2 saturated heterocycles. The lowest BCUT2D eigenvalue weighted by Gasteiger charge is -2.36. The van der Waals surface area contributed by atoms with Crippen LogP contribution in [0.4, 0.5) is 11.5 Å². The first kappa shape index (κ1) is 11.8. The van der Waals surface area contributed by atoms with Gasteiger partial charge in [-0.15, -0.1) is 0 Å². The highest BCUT2D eigenvalue weighted by molar-refractivity contribution is 5.60. The van der Waals surface area contributed by atoms with Crippen LogP contribution in [0.2, 0.25) is 0 Å². The number of pyridine rings is 1. The van der Waals surface area contributed by atoms with Crippen molar-refractivity contribution in [1.82, 2.24) is 9.88 Å². The second-order valence-corrected chi connectivity index (χ2v) is 5.71. The van der Waals surface area contributed by atoms with Crippen molar-refractivity contribution in [2.24, 2.45) is 5.92 Å². The van der Waals surface area contributed by atoms with E-state index in [1.54, 1.807) is 6.20 Å². The Labute approximate surface area is 109 Å². The number of nitrogens with zero attached hydrogens (tertiary/aromatic N) is 2. The van der Waals surface area contributed by atoms with Crippen LogP contribution in [0, 0.1) is 5.92 Å². The van der Waals surface area contributed by atoms with Gasteiger partial charge in [0.15, 0.2) is 0 Å². The Balaban J connectivity index is 1.57. The van der Waals surface area contributed by atoms with E-state index in [1.807, 2.05) is 12.1 Å². The van der Waals surface area contributed by atoms with E-state index in [9.17, 15) is 0 Å². The summed E-state index contributed by atoms with van der Waals surface area (Å²) in [6.07, 6.45) is 7.17. The Hall–Kier alpha value is -1.29. The van der Waals surface area contributed by atoms with Crippen LogP contribution in [-0.2, 0) is 0 Å². The Morgan fingerprint density at radius 1 is 1.39 bits per heavy atom. The molecule has 3 heterocycles. The van der Waals surface area contributed by atoms with Crippen molar-refractivity contribution in [1.29, 1.82) is 0 Å². The third-order valence-corrected chi connectivity index (χ3v) is 4.59. The fraction of sp³-hybridized carbons (Fsp3) is 0.643. The van der Waals surface area contributed by atoms with Gasteiger partial charge in [-0.25, -0.2) is 4.98 Å². The van der Waals surface area contributed by atoms with E-state index < -0.39 is 0 Å². The van der Waals surface area contributed by atoms with Crippen LogP contribution < -0.4 is 11.1 Å². The third kappa shape index (κ3) is 2.17. The minimum Gasteiger partial charge on any atom is -0.396 e. The smallest absolute Gasteiger partial charge is 0.149 e. The summed E-state index contributed by atoms with van der Waals surface area (Å²) in [7, 11) is 2.28. The highest BCUT2D eigenvalue weighted by Gasteiger charge is 2.38. The topological polar surface area (TPSA) is 54.2 Å². The first-order chi connectivity index (χ1) is 8.74. The zero-order valence-electron chi connectivity index (χ0n) is 11.0. The number of nitrogens with one attached hydrogen (secondary N) is 1. The van der Waals surface area contributed by atoms with E-state index in [-0.39, 0.29) is 0 Å². The summed E-state index contributed by atoms with van der Waals surface area (Å²) < 4.78 is 0. The molecule has 0 saturated carbocycles. The summed E-state index contributed by atoms with van der Waals surface area (Å²) in [6, 6.07) is 5.37. The Kier molecular flexibility index (Phi) is 3.12. The molecule has 0 aromatic carbocycles. The molecule has 2 unspecified atom stereocenters. The van der Waals surface area contributed by atoms with E-state index in [1.165, 1.54) is 25.7 Å². The number of rotatable bonds is 3. The van der Waals surface area contributed by atoms with Crippen LogP contribution in [-0.4, -0.2) is 35.6 Å². The molecule has 3 rings (SSSR count). The van der Waals surface area contributed by atoms with Crippen LogP contribution in [0.25, 0.3) is 0 Å². The van der Waals surface area contributed by atoms with Crippen molar-refractivity contribution in [3.05, 3.63) is 18.3 Å². The molecule has 0 amide bonds. The standard InChI is InChI=1S/C14H22N4/c1-18-11-4-5-12(18)8-10(7-11)9-17-14-13(15)3-2-6-16-14/h2-3,6,10-12H,4-5,7-9,15H2,1H3,(H,16,17). The lowest BCUT2D eigenvalue weighted by molar-refractivity contribution is 0.139. The first-order valence-electron chi connectivity index (χ1n) is 6.90.